The molecule has 2 rings (SSSR count). The molecule has 1 aromatic carbocycles. The van der Waals surface area contributed by atoms with Crippen molar-refractivity contribution in [3.05, 3.63) is 53.1 Å². The number of hydrogen-bond acceptors (Lipinski definition) is 3. The summed E-state index contributed by atoms with van der Waals surface area (Å²) in [5.74, 6) is -0.181. The van der Waals surface area contributed by atoms with Crippen molar-refractivity contribution in [1.29, 1.82) is 0 Å². The van der Waals surface area contributed by atoms with Gasteiger partial charge in [0, 0.05) is 11.9 Å². The molecule has 0 aliphatic heterocycles. The summed E-state index contributed by atoms with van der Waals surface area (Å²) >= 11 is 0. The second-order valence-corrected chi connectivity index (χ2v) is 4.29. The molecule has 1 aromatic heterocycles. The highest BCUT2D eigenvalue weighted by Gasteiger charge is 2.11. The molecule has 0 aliphatic carbocycles. The van der Waals surface area contributed by atoms with Crippen LogP contribution in [0.3, 0.4) is 0 Å². The molecule has 1 amide bonds. The van der Waals surface area contributed by atoms with E-state index in [1.165, 1.54) is 18.1 Å². The zero-order chi connectivity index (χ0) is 13.1. The van der Waals surface area contributed by atoms with Crippen LogP contribution in [-0.4, -0.2) is 15.9 Å². The summed E-state index contributed by atoms with van der Waals surface area (Å²) in [5, 5.41) is 2.88. The van der Waals surface area contributed by atoms with Gasteiger partial charge in [-0.1, -0.05) is 17.7 Å². The summed E-state index contributed by atoms with van der Waals surface area (Å²) < 4.78 is 0. The third-order valence-corrected chi connectivity index (χ3v) is 2.79. The molecule has 18 heavy (non-hydrogen) atoms. The number of aromatic nitrogens is 2. The molecule has 0 bridgehead atoms. The average Bonchev–Trinajstić information content (AvgIpc) is 2.33. The van der Waals surface area contributed by atoms with Gasteiger partial charge in [0.1, 0.15) is 6.33 Å². The SMILES string of the molecule is Cc1ccc(NC(=O)c2cncnc2C)c(C)c1. The first kappa shape index (κ1) is 12.2. The first-order valence-corrected chi connectivity index (χ1v) is 5.73. The Bertz CT molecular complexity index is 593. The summed E-state index contributed by atoms with van der Waals surface area (Å²) in [4.78, 5) is 20.0. The van der Waals surface area contributed by atoms with Crippen molar-refractivity contribution < 1.29 is 4.79 Å². The van der Waals surface area contributed by atoms with Gasteiger partial charge in [-0.2, -0.15) is 0 Å². The number of rotatable bonds is 2. The number of amides is 1. The molecule has 0 saturated heterocycles. The van der Waals surface area contributed by atoms with Gasteiger partial charge in [-0.3, -0.25) is 4.79 Å². The minimum absolute atomic E-state index is 0.181. The van der Waals surface area contributed by atoms with Crippen LogP contribution < -0.4 is 5.32 Å². The Labute approximate surface area is 106 Å². The third-order valence-electron chi connectivity index (χ3n) is 2.79. The Hall–Kier alpha value is -2.23. The highest BCUT2D eigenvalue weighted by atomic mass is 16.1. The molecule has 2 aromatic rings. The standard InChI is InChI=1S/C14H15N3O/c1-9-4-5-13(10(2)6-9)17-14(18)12-7-15-8-16-11(12)3/h4-8H,1-3H3,(H,17,18). The lowest BCUT2D eigenvalue weighted by atomic mass is 10.1. The number of nitrogens with one attached hydrogen (secondary N) is 1. The fraction of sp³-hybridized carbons (Fsp3) is 0.214. The van der Waals surface area contributed by atoms with Crippen molar-refractivity contribution in [3.8, 4) is 0 Å². The van der Waals surface area contributed by atoms with Crippen LogP contribution in [0, 0.1) is 20.8 Å². The Morgan fingerprint density at radius 2 is 2.00 bits per heavy atom. The van der Waals surface area contributed by atoms with E-state index in [2.05, 4.69) is 15.3 Å². The molecule has 0 fully saturated rings. The molecule has 0 unspecified atom stereocenters. The van der Waals surface area contributed by atoms with E-state index in [1.54, 1.807) is 6.92 Å². The van der Waals surface area contributed by atoms with Gasteiger partial charge in [-0.15, -0.1) is 0 Å². The minimum atomic E-state index is -0.181. The first-order chi connectivity index (χ1) is 8.58. The van der Waals surface area contributed by atoms with Crippen molar-refractivity contribution >= 4 is 11.6 Å². The van der Waals surface area contributed by atoms with Crippen molar-refractivity contribution in [1.82, 2.24) is 9.97 Å². The predicted octanol–water partition coefficient (Wildman–Crippen LogP) is 2.65. The zero-order valence-corrected chi connectivity index (χ0v) is 10.7. The smallest absolute Gasteiger partial charge is 0.259 e. The molecule has 0 spiro atoms. The van der Waals surface area contributed by atoms with Crippen LogP contribution in [0.25, 0.3) is 0 Å². The predicted molar refractivity (Wildman–Crippen MR) is 70.6 cm³/mol. The van der Waals surface area contributed by atoms with Gasteiger partial charge in [0.25, 0.3) is 5.91 Å². The van der Waals surface area contributed by atoms with Crippen molar-refractivity contribution in [2.45, 2.75) is 20.8 Å². The minimum Gasteiger partial charge on any atom is -0.322 e. The lowest BCUT2D eigenvalue weighted by Crippen LogP contribution is -2.15. The maximum Gasteiger partial charge on any atom is 0.259 e. The van der Waals surface area contributed by atoms with Crippen molar-refractivity contribution in [2.75, 3.05) is 5.32 Å². The molecule has 1 heterocycles. The fourth-order valence-electron chi connectivity index (χ4n) is 1.76. The molecular formula is C14H15N3O. The summed E-state index contributed by atoms with van der Waals surface area (Å²) in [6.07, 6.45) is 2.96. The van der Waals surface area contributed by atoms with Gasteiger partial charge < -0.3 is 5.32 Å². The second kappa shape index (κ2) is 4.96. The zero-order valence-electron chi connectivity index (χ0n) is 10.7. The van der Waals surface area contributed by atoms with Gasteiger partial charge >= 0.3 is 0 Å². The van der Waals surface area contributed by atoms with E-state index in [0.717, 1.165) is 11.3 Å². The van der Waals surface area contributed by atoms with Gasteiger partial charge in [-0.25, -0.2) is 9.97 Å². The quantitative estimate of drug-likeness (QED) is 0.879. The number of aryl methyl sites for hydroxylation is 3. The van der Waals surface area contributed by atoms with Gasteiger partial charge in [-0.05, 0) is 32.4 Å². The average molecular weight is 241 g/mol. The lowest BCUT2D eigenvalue weighted by molar-refractivity contribution is 0.102. The molecule has 0 radical (unpaired) electrons. The number of carbonyl (C=O) groups is 1. The Kier molecular flexibility index (Phi) is 3.37. The van der Waals surface area contributed by atoms with Crippen LogP contribution in [0.1, 0.15) is 27.2 Å². The maximum atomic E-state index is 12.1. The largest absolute Gasteiger partial charge is 0.322 e. The van der Waals surface area contributed by atoms with E-state index in [4.69, 9.17) is 0 Å². The summed E-state index contributed by atoms with van der Waals surface area (Å²) in [6.45, 7) is 5.78. The summed E-state index contributed by atoms with van der Waals surface area (Å²) in [6, 6.07) is 5.91. The number of carbonyl (C=O) groups excluding carboxylic acids is 1. The maximum absolute atomic E-state index is 12.1. The highest BCUT2D eigenvalue weighted by molar-refractivity contribution is 6.05. The fourth-order valence-corrected chi connectivity index (χ4v) is 1.76. The summed E-state index contributed by atoms with van der Waals surface area (Å²) in [5.41, 5.74) is 4.20. The lowest BCUT2D eigenvalue weighted by Gasteiger charge is -2.09. The van der Waals surface area contributed by atoms with Crippen LogP contribution in [-0.2, 0) is 0 Å². The van der Waals surface area contributed by atoms with E-state index in [-0.39, 0.29) is 5.91 Å². The third kappa shape index (κ3) is 2.53. The van der Waals surface area contributed by atoms with Crippen LogP contribution in [0.5, 0.6) is 0 Å². The molecule has 0 atom stereocenters. The topological polar surface area (TPSA) is 54.9 Å². The monoisotopic (exact) mass is 241 g/mol. The second-order valence-electron chi connectivity index (χ2n) is 4.29. The number of anilines is 1. The normalized spacial score (nSPS) is 10.2. The molecule has 4 heteroatoms. The van der Waals surface area contributed by atoms with Gasteiger partial charge in [0.15, 0.2) is 0 Å². The molecule has 0 aliphatic rings. The van der Waals surface area contributed by atoms with E-state index >= 15 is 0 Å². The highest BCUT2D eigenvalue weighted by Crippen LogP contribution is 2.17. The molecule has 1 N–H and O–H groups in total. The van der Waals surface area contributed by atoms with Crippen LogP contribution in [0.15, 0.2) is 30.7 Å². The van der Waals surface area contributed by atoms with Crippen LogP contribution >= 0.6 is 0 Å². The molecule has 92 valence electrons. The van der Waals surface area contributed by atoms with E-state index in [0.29, 0.717) is 11.3 Å². The number of hydrogen-bond donors (Lipinski definition) is 1. The Morgan fingerprint density at radius 3 is 2.67 bits per heavy atom. The summed E-state index contributed by atoms with van der Waals surface area (Å²) in [7, 11) is 0. The van der Waals surface area contributed by atoms with Gasteiger partial charge in [0.2, 0.25) is 0 Å². The van der Waals surface area contributed by atoms with E-state index in [9.17, 15) is 4.79 Å². The van der Waals surface area contributed by atoms with E-state index in [1.807, 2.05) is 32.0 Å². The number of nitrogens with zero attached hydrogens (tertiary/aromatic N) is 2. The van der Waals surface area contributed by atoms with E-state index < -0.39 is 0 Å². The van der Waals surface area contributed by atoms with Crippen LogP contribution in [0.2, 0.25) is 0 Å². The van der Waals surface area contributed by atoms with Gasteiger partial charge in [0.05, 0.1) is 11.3 Å². The molecule has 0 saturated carbocycles. The molecule has 4 nitrogen and oxygen atoms in total. The van der Waals surface area contributed by atoms with Crippen LogP contribution in [0.4, 0.5) is 5.69 Å². The van der Waals surface area contributed by atoms with Crippen molar-refractivity contribution in [3.63, 3.8) is 0 Å². The Morgan fingerprint density at radius 1 is 1.22 bits per heavy atom. The Balaban J connectivity index is 2.24. The van der Waals surface area contributed by atoms with Crippen molar-refractivity contribution in [2.24, 2.45) is 0 Å². The first-order valence-electron chi connectivity index (χ1n) is 5.73. The molecular weight excluding hydrogens is 226 g/mol. The number of benzene rings is 1.